The molecule has 0 saturated heterocycles. The molecule has 7 heteroatoms. The van der Waals surface area contributed by atoms with Crippen molar-refractivity contribution < 1.29 is 4.79 Å². The van der Waals surface area contributed by atoms with E-state index in [-0.39, 0.29) is 5.91 Å². The average molecular weight is 322 g/mol. The summed E-state index contributed by atoms with van der Waals surface area (Å²) in [6.07, 6.45) is 4.71. The summed E-state index contributed by atoms with van der Waals surface area (Å²) < 4.78 is 0. The van der Waals surface area contributed by atoms with Gasteiger partial charge in [0.1, 0.15) is 5.69 Å². The third-order valence-corrected chi connectivity index (χ3v) is 4.04. The van der Waals surface area contributed by atoms with Gasteiger partial charge in [0.05, 0.1) is 17.6 Å². The van der Waals surface area contributed by atoms with Crippen molar-refractivity contribution in [2.45, 2.75) is 25.2 Å². The van der Waals surface area contributed by atoms with Gasteiger partial charge in [0.2, 0.25) is 0 Å². The normalized spacial score (nSPS) is 13.8. The Labute approximate surface area is 139 Å². The number of H-pyrrole nitrogens is 1. The number of aromatic amines is 1. The lowest BCUT2D eigenvalue weighted by Crippen LogP contribution is -2.26. The van der Waals surface area contributed by atoms with Crippen LogP contribution in [0.1, 0.15) is 40.6 Å². The van der Waals surface area contributed by atoms with E-state index >= 15 is 0 Å². The first-order valence-electron chi connectivity index (χ1n) is 8.10. The van der Waals surface area contributed by atoms with Crippen LogP contribution in [-0.4, -0.2) is 37.6 Å². The molecule has 1 aliphatic carbocycles. The third kappa shape index (κ3) is 3.19. The van der Waals surface area contributed by atoms with Gasteiger partial charge in [0.15, 0.2) is 0 Å². The highest BCUT2D eigenvalue weighted by Crippen LogP contribution is 2.38. The fourth-order valence-electron chi connectivity index (χ4n) is 2.55. The maximum Gasteiger partial charge on any atom is 0.271 e. The van der Waals surface area contributed by atoms with Gasteiger partial charge in [0.25, 0.3) is 5.91 Å². The van der Waals surface area contributed by atoms with E-state index in [1.165, 1.54) is 12.8 Å². The largest absolute Gasteiger partial charge is 0.350 e. The summed E-state index contributed by atoms with van der Waals surface area (Å²) in [6, 6.07) is 11.6. The summed E-state index contributed by atoms with van der Waals surface area (Å²) in [5.74, 6) is 0.403. The zero-order valence-corrected chi connectivity index (χ0v) is 13.1. The number of nitrogens with one attached hydrogen (secondary N) is 2. The molecule has 3 aromatic rings. The van der Waals surface area contributed by atoms with Gasteiger partial charge in [-0.05, 0) is 31.0 Å². The first kappa shape index (κ1) is 14.6. The minimum atomic E-state index is -0.159. The van der Waals surface area contributed by atoms with Gasteiger partial charge in [-0.25, -0.2) is 0 Å². The molecule has 0 atom stereocenters. The van der Waals surface area contributed by atoms with Crippen LogP contribution in [0.2, 0.25) is 0 Å². The van der Waals surface area contributed by atoms with E-state index in [1.807, 2.05) is 36.4 Å². The molecule has 1 fully saturated rings. The highest BCUT2D eigenvalue weighted by atomic mass is 16.1. The molecule has 2 heterocycles. The van der Waals surface area contributed by atoms with Gasteiger partial charge in [-0.1, -0.05) is 18.2 Å². The lowest BCUT2D eigenvalue weighted by Gasteiger charge is -2.01. The Bertz CT molecular complexity index is 834. The van der Waals surface area contributed by atoms with Crippen LogP contribution in [-0.2, 0) is 6.42 Å². The second-order valence-corrected chi connectivity index (χ2v) is 5.95. The lowest BCUT2D eigenvalue weighted by molar-refractivity contribution is 0.0949. The Morgan fingerprint density at radius 2 is 2.12 bits per heavy atom. The number of benzene rings is 1. The predicted molar refractivity (Wildman–Crippen MR) is 88.0 cm³/mol. The monoisotopic (exact) mass is 322 g/mol. The molecule has 2 aromatic heterocycles. The van der Waals surface area contributed by atoms with Crippen LogP contribution >= 0.6 is 0 Å². The Hall–Kier alpha value is -2.96. The quantitative estimate of drug-likeness (QED) is 0.725. The Morgan fingerprint density at radius 3 is 2.92 bits per heavy atom. The van der Waals surface area contributed by atoms with Gasteiger partial charge >= 0.3 is 0 Å². The molecule has 1 saturated carbocycles. The van der Waals surface area contributed by atoms with E-state index in [4.69, 9.17) is 0 Å². The van der Waals surface area contributed by atoms with Crippen LogP contribution in [0.15, 0.2) is 42.6 Å². The highest BCUT2D eigenvalue weighted by Gasteiger charge is 2.26. The van der Waals surface area contributed by atoms with Crippen molar-refractivity contribution in [2.24, 2.45) is 0 Å². The molecular weight excluding hydrogens is 304 g/mol. The van der Waals surface area contributed by atoms with E-state index < -0.39 is 0 Å². The average Bonchev–Trinajstić information content (AvgIpc) is 3.16. The summed E-state index contributed by atoms with van der Waals surface area (Å²) in [6.45, 7) is 0.498. The number of amides is 1. The molecule has 24 heavy (non-hydrogen) atoms. The summed E-state index contributed by atoms with van der Waals surface area (Å²) >= 11 is 0. The topological polar surface area (TPSA) is 88.5 Å². The maximum absolute atomic E-state index is 12.1. The van der Waals surface area contributed by atoms with Crippen LogP contribution in [0.5, 0.6) is 0 Å². The molecule has 4 rings (SSSR count). The van der Waals surface area contributed by atoms with Crippen LogP contribution in [0.25, 0.3) is 5.69 Å². The van der Waals surface area contributed by atoms with E-state index in [9.17, 15) is 4.79 Å². The minimum Gasteiger partial charge on any atom is -0.350 e. The van der Waals surface area contributed by atoms with Crippen molar-refractivity contribution in [3.63, 3.8) is 0 Å². The van der Waals surface area contributed by atoms with Crippen LogP contribution in [0.4, 0.5) is 0 Å². The lowest BCUT2D eigenvalue weighted by atomic mass is 10.2. The SMILES string of the molecule is O=C(NCCc1cnn(-c2ccccc2)n1)c1cc(C2CC2)[nH]n1. The van der Waals surface area contributed by atoms with Crippen molar-refractivity contribution in [1.82, 2.24) is 30.5 Å². The van der Waals surface area contributed by atoms with Crippen LogP contribution < -0.4 is 5.32 Å². The van der Waals surface area contributed by atoms with Gasteiger partial charge in [-0.3, -0.25) is 9.89 Å². The molecule has 0 bridgehead atoms. The maximum atomic E-state index is 12.1. The predicted octanol–water partition coefficient (Wildman–Crippen LogP) is 1.84. The number of para-hydroxylation sites is 1. The summed E-state index contributed by atoms with van der Waals surface area (Å²) in [5, 5.41) is 18.6. The van der Waals surface area contributed by atoms with Crippen molar-refractivity contribution in [1.29, 1.82) is 0 Å². The highest BCUT2D eigenvalue weighted by molar-refractivity contribution is 5.92. The number of carbonyl (C=O) groups excluding carboxylic acids is 1. The molecule has 1 aromatic carbocycles. The Balaban J connectivity index is 1.30. The van der Waals surface area contributed by atoms with Crippen LogP contribution in [0, 0.1) is 0 Å². The van der Waals surface area contributed by atoms with Gasteiger partial charge in [0, 0.05) is 24.6 Å². The van der Waals surface area contributed by atoms with E-state index in [0.29, 0.717) is 24.6 Å². The molecule has 2 N–H and O–H groups in total. The number of hydrogen-bond acceptors (Lipinski definition) is 4. The van der Waals surface area contributed by atoms with Crippen molar-refractivity contribution in [3.05, 3.63) is 59.7 Å². The minimum absolute atomic E-state index is 0.159. The zero-order valence-electron chi connectivity index (χ0n) is 13.1. The summed E-state index contributed by atoms with van der Waals surface area (Å²) in [4.78, 5) is 13.7. The molecule has 0 unspecified atom stereocenters. The zero-order chi connectivity index (χ0) is 16.4. The Morgan fingerprint density at radius 1 is 1.29 bits per heavy atom. The molecule has 0 spiro atoms. The molecule has 1 aliphatic rings. The van der Waals surface area contributed by atoms with E-state index in [2.05, 4.69) is 25.7 Å². The van der Waals surface area contributed by atoms with Crippen molar-refractivity contribution in [2.75, 3.05) is 6.54 Å². The smallest absolute Gasteiger partial charge is 0.271 e. The molecular formula is C17H18N6O. The molecule has 1 amide bonds. The van der Waals surface area contributed by atoms with E-state index in [1.54, 1.807) is 11.0 Å². The number of carbonyl (C=O) groups is 1. The van der Waals surface area contributed by atoms with E-state index in [0.717, 1.165) is 17.1 Å². The van der Waals surface area contributed by atoms with Gasteiger partial charge < -0.3 is 5.32 Å². The van der Waals surface area contributed by atoms with Crippen molar-refractivity contribution in [3.8, 4) is 5.69 Å². The molecule has 122 valence electrons. The standard InChI is InChI=1S/C17H18N6O/c24-17(16-10-15(20-21-16)12-6-7-12)18-9-8-13-11-19-23(22-13)14-4-2-1-3-5-14/h1-5,10-12H,6-9H2,(H,18,24)(H,20,21). The molecule has 7 nitrogen and oxygen atoms in total. The second-order valence-electron chi connectivity index (χ2n) is 5.95. The van der Waals surface area contributed by atoms with Crippen LogP contribution in [0.3, 0.4) is 0 Å². The fraction of sp³-hybridized carbons (Fsp3) is 0.294. The van der Waals surface area contributed by atoms with Crippen molar-refractivity contribution >= 4 is 5.91 Å². The number of aromatic nitrogens is 5. The summed E-state index contributed by atoms with van der Waals surface area (Å²) in [7, 11) is 0. The van der Waals surface area contributed by atoms with Gasteiger partial charge in [-0.15, -0.1) is 0 Å². The number of rotatable bonds is 6. The fourth-order valence-corrected chi connectivity index (χ4v) is 2.55. The molecule has 0 radical (unpaired) electrons. The molecule has 0 aliphatic heterocycles. The third-order valence-electron chi connectivity index (χ3n) is 4.04. The first-order chi connectivity index (χ1) is 11.8. The number of hydrogen-bond donors (Lipinski definition) is 2. The number of nitrogens with zero attached hydrogens (tertiary/aromatic N) is 4. The van der Waals surface area contributed by atoms with Gasteiger partial charge in [-0.2, -0.15) is 20.1 Å². The Kier molecular flexibility index (Phi) is 3.82. The second kappa shape index (κ2) is 6.27. The summed E-state index contributed by atoms with van der Waals surface area (Å²) in [5.41, 5.74) is 3.26. The first-order valence-corrected chi connectivity index (χ1v) is 8.10.